The Balaban J connectivity index is 0.00000363. The number of carboxylic acid groups (broad SMARTS) is 1. The van der Waals surface area contributed by atoms with Gasteiger partial charge >= 0.3 is 29.6 Å². The van der Waals surface area contributed by atoms with Gasteiger partial charge in [-0.25, -0.2) is 0 Å². The van der Waals surface area contributed by atoms with Crippen LogP contribution >= 0.6 is 11.8 Å². The minimum absolute atomic E-state index is 0. The number of aliphatic carboxylic acids is 1. The van der Waals surface area contributed by atoms with Crippen molar-refractivity contribution in [3.63, 3.8) is 0 Å². The average Bonchev–Trinajstić information content (AvgIpc) is 2.98. The first-order valence-corrected chi connectivity index (χ1v) is 11.3. The van der Waals surface area contributed by atoms with E-state index in [0.717, 1.165) is 12.8 Å². The van der Waals surface area contributed by atoms with Crippen molar-refractivity contribution in [1.82, 2.24) is 10.2 Å². The largest absolute Gasteiger partial charge is 1.00 e. The number of hydrogen-bond acceptors (Lipinski definition) is 7. The predicted molar refractivity (Wildman–Crippen MR) is 115 cm³/mol. The Morgan fingerprint density at radius 3 is 2.47 bits per heavy atom. The van der Waals surface area contributed by atoms with Crippen molar-refractivity contribution in [2.24, 2.45) is 0 Å². The van der Waals surface area contributed by atoms with Crippen LogP contribution in [0.2, 0.25) is 0 Å². The number of rotatable bonds is 9. The molecule has 1 unspecified atom stereocenters. The quantitative estimate of drug-likeness (QED) is 0.338. The topological polar surface area (TPSA) is 108 Å². The summed E-state index contributed by atoms with van der Waals surface area (Å²) in [5, 5.41) is 13.9. The van der Waals surface area contributed by atoms with Gasteiger partial charge in [0, 0.05) is 4.75 Å². The number of ether oxygens (including phenoxy) is 2. The van der Waals surface area contributed by atoms with E-state index in [1.165, 1.54) is 23.8 Å². The number of methoxy groups -OCH3 is 1. The SMILES string of the molecule is CCCCC(C)(Oc1ccccc1OC)C(=O)N[C@@H]1C(=O)N2[C@@H]1SC(C)(C)[C@@H]2C(=O)[O-].[Na+]. The van der Waals surface area contributed by atoms with Crippen LogP contribution in [0.15, 0.2) is 24.3 Å². The Labute approximate surface area is 215 Å². The summed E-state index contributed by atoms with van der Waals surface area (Å²) in [6.45, 7) is 7.24. The van der Waals surface area contributed by atoms with E-state index in [1.54, 1.807) is 39.0 Å². The molecule has 3 rings (SSSR count). The molecule has 2 heterocycles. The van der Waals surface area contributed by atoms with Gasteiger partial charge in [0.1, 0.15) is 11.4 Å². The number of nitrogens with zero attached hydrogens (tertiary/aromatic N) is 1. The Morgan fingerprint density at radius 1 is 1.28 bits per heavy atom. The van der Waals surface area contributed by atoms with E-state index in [1.807, 2.05) is 13.0 Å². The van der Waals surface area contributed by atoms with Crippen LogP contribution in [0.5, 0.6) is 11.5 Å². The fourth-order valence-corrected chi connectivity index (χ4v) is 5.71. The minimum Gasteiger partial charge on any atom is -0.548 e. The second-order valence-corrected chi connectivity index (χ2v) is 10.4. The van der Waals surface area contributed by atoms with E-state index in [4.69, 9.17) is 9.47 Å². The first-order chi connectivity index (χ1) is 14.6. The summed E-state index contributed by atoms with van der Waals surface area (Å²) in [6, 6.07) is 5.25. The van der Waals surface area contributed by atoms with Gasteiger partial charge in [0.25, 0.3) is 5.91 Å². The number of carbonyl (C=O) groups excluding carboxylic acids is 3. The normalized spacial score (nSPS) is 25.0. The Bertz CT molecular complexity index is 882. The number of amides is 2. The molecule has 1 aromatic rings. The van der Waals surface area contributed by atoms with Gasteiger partial charge in [-0.2, -0.15) is 0 Å². The third-order valence-electron chi connectivity index (χ3n) is 5.84. The predicted octanol–water partition coefficient (Wildman–Crippen LogP) is -1.68. The van der Waals surface area contributed by atoms with Gasteiger partial charge in [-0.15, -0.1) is 11.8 Å². The molecule has 2 saturated heterocycles. The van der Waals surface area contributed by atoms with Crippen LogP contribution in [0, 0.1) is 0 Å². The Hall–Kier alpha value is -1.42. The number of para-hydroxylation sites is 2. The van der Waals surface area contributed by atoms with Gasteiger partial charge in [-0.3, -0.25) is 9.59 Å². The number of benzene rings is 1. The maximum absolute atomic E-state index is 13.3. The zero-order valence-electron chi connectivity index (χ0n) is 19.5. The Kier molecular flexibility index (Phi) is 8.58. The summed E-state index contributed by atoms with van der Waals surface area (Å²) in [7, 11) is 1.53. The maximum atomic E-state index is 13.3. The first kappa shape index (κ1) is 26.8. The number of nitrogens with one attached hydrogen (secondary N) is 1. The fraction of sp³-hybridized carbons (Fsp3) is 0.591. The molecule has 2 aliphatic rings. The number of β-lactam (4-membered cyclic amide) rings is 1. The van der Waals surface area contributed by atoms with Crippen molar-refractivity contribution in [2.75, 3.05) is 7.11 Å². The summed E-state index contributed by atoms with van der Waals surface area (Å²) >= 11 is 1.36. The third kappa shape index (κ3) is 4.90. The Morgan fingerprint density at radius 2 is 1.91 bits per heavy atom. The van der Waals surface area contributed by atoms with Crippen LogP contribution in [0.25, 0.3) is 0 Å². The molecule has 0 spiro atoms. The molecule has 32 heavy (non-hydrogen) atoms. The van der Waals surface area contributed by atoms with Gasteiger partial charge in [0.2, 0.25) is 5.91 Å². The maximum Gasteiger partial charge on any atom is 1.00 e. The summed E-state index contributed by atoms with van der Waals surface area (Å²) in [5.74, 6) is -1.17. The second-order valence-electron chi connectivity index (χ2n) is 8.62. The van der Waals surface area contributed by atoms with Crippen LogP contribution in [-0.4, -0.2) is 57.6 Å². The van der Waals surface area contributed by atoms with Crippen LogP contribution < -0.4 is 49.5 Å². The van der Waals surface area contributed by atoms with Crippen LogP contribution in [0.4, 0.5) is 0 Å². The molecule has 2 fully saturated rings. The molecule has 2 amide bonds. The van der Waals surface area contributed by atoms with Gasteiger partial charge in [0.15, 0.2) is 17.1 Å². The number of unbranched alkanes of at least 4 members (excludes halogenated alkanes) is 1. The van der Waals surface area contributed by atoms with Crippen molar-refractivity contribution in [3.05, 3.63) is 24.3 Å². The number of thioether (sulfide) groups is 1. The van der Waals surface area contributed by atoms with Crippen molar-refractivity contribution in [3.8, 4) is 11.5 Å². The van der Waals surface area contributed by atoms with Gasteiger partial charge < -0.3 is 29.6 Å². The number of hydrogen-bond donors (Lipinski definition) is 1. The second kappa shape index (κ2) is 10.2. The van der Waals surface area contributed by atoms with Crippen LogP contribution in [-0.2, 0) is 14.4 Å². The zero-order valence-corrected chi connectivity index (χ0v) is 22.3. The summed E-state index contributed by atoms with van der Waals surface area (Å²) in [5.41, 5.74) is -1.22. The third-order valence-corrected chi connectivity index (χ3v) is 7.41. The smallest absolute Gasteiger partial charge is 0.548 e. The molecule has 8 nitrogen and oxygen atoms in total. The van der Waals surface area contributed by atoms with E-state index >= 15 is 0 Å². The average molecular weight is 473 g/mol. The van der Waals surface area contributed by atoms with Crippen molar-refractivity contribution in [1.29, 1.82) is 0 Å². The minimum atomic E-state index is -1.29. The molecule has 0 saturated carbocycles. The number of carboxylic acids is 1. The molecular weight excluding hydrogens is 443 g/mol. The molecule has 2 aliphatic heterocycles. The van der Waals surface area contributed by atoms with E-state index in [9.17, 15) is 19.5 Å². The summed E-state index contributed by atoms with van der Waals surface area (Å²) in [4.78, 5) is 38.9. The number of fused-ring (bicyclic) bond motifs is 1. The molecule has 0 bridgehead atoms. The molecule has 0 aromatic heterocycles. The molecule has 1 N–H and O–H groups in total. The standard InChI is InChI=1S/C22H30N2O6S.Na/c1-6-7-12-22(4,30-14-11-9-8-10-13(14)29-5)20(28)23-15-17(25)24-16(19(26)27)21(2,3)31-18(15)24;/h8-11,15-16,18H,6-7,12H2,1-5H3,(H,23,28)(H,26,27);/q;+1/p-1/t15-,16+,18-,22?;/m1./s1. The molecular formula is C22H29N2NaO6S. The van der Waals surface area contributed by atoms with Crippen LogP contribution in [0.1, 0.15) is 47.0 Å². The van der Waals surface area contributed by atoms with E-state index in [2.05, 4.69) is 5.32 Å². The summed E-state index contributed by atoms with van der Waals surface area (Å²) in [6.07, 6.45) is 2.07. The summed E-state index contributed by atoms with van der Waals surface area (Å²) < 4.78 is 10.8. The first-order valence-electron chi connectivity index (χ1n) is 10.4. The van der Waals surface area contributed by atoms with E-state index in [0.29, 0.717) is 17.9 Å². The molecule has 0 radical (unpaired) electrons. The van der Waals surface area contributed by atoms with Gasteiger partial charge in [-0.05, 0) is 45.7 Å². The van der Waals surface area contributed by atoms with Gasteiger partial charge in [-0.1, -0.05) is 25.5 Å². The monoisotopic (exact) mass is 472 g/mol. The molecule has 10 heteroatoms. The van der Waals surface area contributed by atoms with Gasteiger partial charge in [0.05, 0.1) is 19.1 Å². The zero-order chi connectivity index (χ0) is 23.0. The number of carbonyl (C=O) groups is 3. The fourth-order valence-electron chi connectivity index (χ4n) is 4.09. The molecule has 4 atom stereocenters. The molecule has 0 aliphatic carbocycles. The molecule has 1 aromatic carbocycles. The van der Waals surface area contributed by atoms with Crippen LogP contribution in [0.3, 0.4) is 0 Å². The van der Waals surface area contributed by atoms with E-state index < -0.39 is 45.6 Å². The van der Waals surface area contributed by atoms with Crippen molar-refractivity contribution < 1.29 is 58.5 Å². The van der Waals surface area contributed by atoms with Crippen molar-refractivity contribution >= 4 is 29.5 Å². The molecule has 170 valence electrons. The van der Waals surface area contributed by atoms with Crippen molar-refractivity contribution in [2.45, 2.75) is 74.8 Å². The van der Waals surface area contributed by atoms with E-state index in [-0.39, 0.29) is 29.6 Å².